The number of benzene rings is 4. The number of nitrogens with zero attached hydrogens (tertiary/aromatic N) is 1. The van der Waals surface area contributed by atoms with E-state index in [1.807, 2.05) is 117 Å². The van der Waals surface area contributed by atoms with Gasteiger partial charge in [-0.2, -0.15) is 0 Å². The molecule has 184 valence electrons. The molecule has 0 fully saturated rings. The molecule has 4 aromatic rings. The molecule has 0 unspecified atom stereocenters. The summed E-state index contributed by atoms with van der Waals surface area (Å²) >= 11 is 7.92. The Hall–Kier alpha value is -2.63. The van der Waals surface area contributed by atoms with Gasteiger partial charge in [-0.25, -0.2) is 8.42 Å². The lowest BCUT2D eigenvalue weighted by Crippen LogP contribution is -2.26. The van der Waals surface area contributed by atoms with Crippen LogP contribution >= 0.6 is 16.6 Å². The van der Waals surface area contributed by atoms with Gasteiger partial charge in [0.15, 0.2) is 0 Å². The minimum Gasteiger partial charge on any atom is -0.263 e. The van der Waals surface area contributed by atoms with Crippen LogP contribution < -0.4 is 10.6 Å². The van der Waals surface area contributed by atoms with E-state index in [9.17, 15) is 8.42 Å². The van der Waals surface area contributed by atoms with E-state index in [2.05, 4.69) is 0 Å². The van der Waals surface area contributed by atoms with Gasteiger partial charge >= 0.3 is 0 Å². The Morgan fingerprint density at radius 3 is 1.81 bits per heavy atom. The maximum atomic E-state index is 13.8. The van der Waals surface area contributed by atoms with Gasteiger partial charge in [0.2, 0.25) is 0 Å². The highest BCUT2D eigenvalue weighted by molar-refractivity contribution is 8.76. The molecule has 0 aromatic heterocycles. The fraction of sp³-hybridized carbons (Fsp3) is 0.103. The third-order valence-corrected chi connectivity index (χ3v) is 15.1. The summed E-state index contributed by atoms with van der Waals surface area (Å²) in [6.07, 6.45) is 1.94. The normalized spacial score (nSPS) is 12.4. The fourth-order valence-electron chi connectivity index (χ4n) is 3.68. The zero-order chi connectivity index (χ0) is 25.8. The third kappa shape index (κ3) is 5.68. The van der Waals surface area contributed by atoms with Crippen LogP contribution in [0.1, 0.15) is 16.7 Å². The lowest BCUT2D eigenvalue weighted by atomic mass is 10.1. The highest BCUT2D eigenvalue weighted by Gasteiger charge is 2.30. The summed E-state index contributed by atoms with van der Waals surface area (Å²) in [4.78, 5) is 0.250. The molecule has 0 atom stereocenters. The van der Waals surface area contributed by atoms with Gasteiger partial charge in [0.05, 0.1) is 15.2 Å². The second-order valence-corrected chi connectivity index (χ2v) is 17.7. The minimum atomic E-state index is -3.81. The molecule has 0 heterocycles. The van der Waals surface area contributed by atoms with Crippen molar-refractivity contribution in [2.75, 3.05) is 7.05 Å². The molecule has 4 aromatic carbocycles. The van der Waals surface area contributed by atoms with Crippen molar-refractivity contribution in [1.82, 2.24) is 4.31 Å². The van der Waals surface area contributed by atoms with Crippen LogP contribution in [0.3, 0.4) is 0 Å². The topological polar surface area (TPSA) is 37.4 Å². The summed E-state index contributed by atoms with van der Waals surface area (Å²) in [5.74, 6) is 0. The molecule has 36 heavy (non-hydrogen) atoms. The Kier molecular flexibility index (Phi) is 8.21. The van der Waals surface area contributed by atoms with Crippen molar-refractivity contribution < 1.29 is 8.42 Å². The maximum absolute atomic E-state index is 13.8. The van der Waals surface area contributed by atoms with Crippen molar-refractivity contribution in [2.24, 2.45) is 0 Å². The summed E-state index contributed by atoms with van der Waals surface area (Å²) < 4.78 is 28.9. The molecule has 0 saturated carbocycles. The SMILES string of the molecule is Cc1ccc(S(=O)(=O)N(C)/C(=C\c2ccccc2C)SP(=S)(c2ccccc2)c2ccccc2)cc1. The first-order valence-electron chi connectivity index (χ1n) is 11.5. The first-order valence-corrected chi connectivity index (χ1v) is 17.1. The molecule has 0 N–H and O–H groups in total. The molecule has 0 amide bonds. The first kappa shape index (κ1) is 26.4. The van der Waals surface area contributed by atoms with Crippen molar-refractivity contribution in [2.45, 2.75) is 18.7 Å². The standard InChI is InChI=1S/C29H28NO2PS3/c1-23-18-20-28(21-19-23)36(31,32)30(3)29(22-25-13-11-10-12-24(25)2)35-33(34,26-14-6-4-7-15-26)27-16-8-5-9-17-27/h4-22H,1-3H3/b29-22+. The lowest BCUT2D eigenvalue weighted by molar-refractivity contribution is 0.536. The molecule has 0 saturated heterocycles. The Morgan fingerprint density at radius 2 is 1.28 bits per heavy atom. The average Bonchev–Trinajstić information content (AvgIpc) is 2.90. The summed E-state index contributed by atoms with van der Waals surface area (Å²) in [5.41, 5.74) is 3.02. The molecule has 0 spiro atoms. The van der Waals surface area contributed by atoms with Crippen molar-refractivity contribution >= 4 is 55.1 Å². The van der Waals surface area contributed by atoms with Gasteiger partial charge in [-0.3, -0.25) is 4.31 Å². The monoisotopic (exact) mass is 549 g/mol. The van der Waals surface area contributed by atoms with Crippen molar-refractivity contribution in [1.29, 1.82) is 0 Å². The molecule has 0 aliphatic rings. The van der Waals surface area contributed by atoms with Gasteiger partial charge in [-0.15, -0.1) is 0 Å². The van der Waals surface area contributed by atoms with E-state index in [0.717, 1.165) is 27.3 Å². The molecule has 4 rings (SSSR count). The number of sulfonamides is 1. The summed E-state index contributed by atoms with van der Waals surface area (Å²) in [5, 5.41) is 0.147. The van der Waals surface area contributed by atoms with Crippen LogP contribution in [0.2, 0.25) is 0 Å². The van der Waals surface area contributed by atoms with Crippen molar-refractivity contribution in [3.63, 3.8) is 0 Å². The van der Waals surface area contributed by atoms with Crippen LogP contribution in [0.15, 0.2) is 119 Å². The predicted molar refractivity (Wildman–Crippen MR) is 159 cm³/mol. The molecular weight excluding hydrogens is 521 g/mol. The van der Waals surface area contributed by atoms with Crippen LogP contribution in [0.5, 0.6) is 0 Å². The summed E-state index contributed by atoms with van der Waals surface area (Å²) in [7, 11) is -2.20. The van der Waals surface area contributed by atoms with Crippen LogP contribution in [0.4, 0.5) is 0 Å². The highest BCUT2D eigenvalue weighted by atomic mass is 32.9. The molecule has 0 aliphatic heterocycles. The molecule has 0 aliphatic carbocycles. The van der Waals surface area contributed by atoms with Crippen molar-refractivity contribution in [3.05, 3.63) is 131 Å². The van der Waals surface area contributed by atoms with Gasteiger partial charge < -0.3 is 0 Å². The fourth-order valence-corrected chi connectivity index (χ4v) is 11.6. The summed E-state index contributed by atoms with van der Waals surface area (Å²) in [6, 6.07) is 34.9. The lowest BCUT2D eigenvalue weighted by Gasteiger charge is -2.29. The molecular formula is C29H28NO2PS3. The van der Waals surface area contributed by atoms with Crippen LogP contribution in [-0.4, -0.2) is 19.8 Å². The molecule has 0 bridgehead atoms. The molecule has 3 nitrogen and oxygen atoms in total. The maximum Gasteiger partial charge on any atom is 0.264 e. The van der Waals surface area contributed by atoms with Gasteiger partial charge in [0, 0.05) is 7.05 Å². The number of rotatable bonds is 8. The van der Waals surface area contributed by atoms with E-state index in [1.165, 1.54) is 15.7 Å². The van der Waals surface area contributed by atoms with Gasteiger partial charge in [-0.1, -0.05) is 126 Å². The zero-order valence-corrected chi connectivity index (χ0v) is 23.7. The minimum absolute atomic E-state index is 0.250. The second-order valence-electron chi connectivity index (χ2n) is 8.44. The quantitative estimate of drug-likeness (QED) is 0.229. The van der Waals surface area contributed by atoms with Crippen LogP contribution in [0, 0.1) is 13.8 Å². The zero-order valence-electron chi connectivity index (χ0n) is 20.4. The van der Waals surface area contributed by atoms with E-state index < -0.39 is 15.3 Å². The van der Waals surface area contributed by atoms with Gasteiger partial charge in [0.25, 0.3) is 10.0 Å². The smallest absolute Gasteiger partial charge is 0.263 e. The number of aryl methyl sites for hydroxylation is 2. The summed E-state index contributed by atoms with van der Waals surface area (Å²) in [6.45, 7) is 3.96. The Morgan fingerprint density at radius 1 is 0.778 bits per heavy atom. The number of hydrogen-bond donors (Lipinski definition) is 0. The highest BCUT2D eigenvalue weighted by Crippen LogP contribution is 2.61. The van der Waals surface area contributed by atoms with Crippen molar-refractivity contribution in [3.8, 4) is 0 Å². The third-order valence-electron chi connectivity index (χ3n) is 5.87. The molecule has 0 radical (unpaired) electrons. The van der Waals surface area contributed by atoms with E-state index >= 15 is 0 Å². The molecule has 7 heteroatoms. The van der Waals surface area contributed by atoms with E-state index in [0.29, 0.717) is 5.03 Å². The predicted octanol–water partition coefficient (Wildman–Crippen LogP) is 6.70. The Labute approximate surface area is 223 Å². The van der Waals surface area contributed by atoms with Crippen LogP contribution in [0.25, 0.3) is 6.08 Å². The number of hydrogen-bond acceptors (Lipinski definition) is 4. The van der Waals surface area contributed by atoms with Crippen LogP contribution in [-0.2, 0) is 21.8 Å². The first-order chi connectivity index (χ1) is 17.2. The Bertz CT molecular complexity index is 1470. The Balaban J connectivity index is 1.89. The van der Waals surface area contributed by atoms with E-state index in [-0.39, 0.29) is 4.90 Å². The van der Waals surface area contributed by atoms with E-state index in [4.69, 9.17) is 11.8 Å². The van der Waals surface area contributed by atoms with E-state index in [1.54, 1.807) is 19.2 Å². The van der Waals surface area contributed by atoms with Gasteiger partial charge in [0.1, 0.15) is 0 Å². The largest absolute Gasteiger partial charge is 0.264 e. The van der Waals surface area contributed by atoms with Gasteiger partial charge in [-0.05, 0) is 53.8 Å². The second kappa shape index (κ2) is 11.2. The average molecular weight is 550 g/mol.